The van der Waals surface area contributed by atoms with Crippen molar-refractivity contribution in [2.24, 2.45) is 0 Å². The minimum absolute atomic E-state index is 0.188. The van der Waals surface area contributed by atoms with Gasteiger partial charge in [-0.05, 0) is 19.4 Å². The molecule has 5 heteroatoms. The lowest BCUT2D eigenvalue weighted by molar-refractivity contribution is 0.0683. The average Bonchev–Trinajstić information content (AvgIpc) is 2.89. The fourth-order valence-corrected chi connectivity index (χ4v) is 1.84. The number of halogens is 1. The highest BCUT2D eigenvalue weighted by Crippen LogP contribution is 2.28. The van der Waals surface area contributed by atoms with Crippen molar-refractivity contribution in [2.75, 3.05) is 6.61 Å². The molecular formula is C13H15ClN2O2. The zero-order chi connectivity index (χ0) is 13.0. The van der Waals surface area contributed by atoms with E-state index in [0.29, 0.717) is 18.3 Å². The van der Waals surface area contributed by atoms with Gasteiger partial charge in [0.05, 0.1) is 0 Å². The summed E-state index contributed by atoms with van der Waals surface area (Å²) in [7, 11) is 0. The zero-order valence-corrected chi connectivity index (χ0v) is 11.1. The van der Waals surface area contributed by atoms with E-state index in [0.717, 1.165) is 5.56 Å². The topological polar surface area (TPSA) is 48.2 Å². The highest BCUT2D eigenvalue weighted by molar-refractivity contribution is 6.22. The van der Waals surface area contributed by atoms with Crippen LogP contribution in [-0.2, 0) is 4.74 Å². The maximum atomic E-state index is 6.29. The number of alkyl halides is 1. The van der Waals surface area contributed by atoms with Gasteiger partial charge in [-0.25, -0.2) is 0 Å². The van der Waals surface area contributed by atoms with E-state index in [4.69, 9.17) is 20.9 Å². The highest BCUT2D eigenvalue weighted by atomic mass is 35.5. The first kappa shape index (κ1) is 13.1. The van der Waals surface area contributed by atoms with Crippen LogP contribution in [0.2, 0.25) is 0 Å². The summed E-state index contributed by atoms with van der Waals surface area (Å²) in [6.45, 7) is 4.41. The second-order valence-corrected chi connectivity index (χ2v) is 4.30. The Kier molecular flexibility index (Phi) is 4.33. The average molecular weight is 267 g/mol. The van der Waals surface area contributed by atoms with Crippen molar-refractivity contribution < 1.29 is 9.26 Å². The number of nitrogens with zero attached hydrogens (tertiary/aromatic N) is 2. The van der Waals surface area contributed by atoms with Crippen molar-refractivity contribution in [2.45, 2.75) is 25.3 Å². The maximum absolute atomic E-state index is 6.29. The summed E-state index contributed by atoms with van der Waals surface area (Å²) in [5.74, 6) is 0.915. The lowest BCUT2D eigenvalue weighted by Gasteiger charge is -2.05. The Morgan fingerprint density at radius 1 is 1.33 bits per heavy atom. The fraction of sp³-hybridized carbons (Fsp3) is 0.385. The minimum Gasteiger partial charge on any atom is -0.371 e. The molecule has 0 saturated heterocycles. The summed E-state index contributed by atoms with van der Waals surface area (Å²) in [6.07, 6.45) is -0.188. The molecule has 0 spiro atoms. The molecule has 0 radical (unpaired) electrons. The molecule has 0 N–H and O–H groups in total. The van der Waals surface area contributed by atoms with Crippen LogP contribution in [0.5, 0.6) is 0 Å². The predicted octanol–water partition coefficient (Wildman–Crippen LogP) is 3.50. The van der Waals surface area contributed by atoms with Gasteiger partial charge in [0.2, 0.25) is 5.89 Å². The second kappa shape index (κ2) is 5.98. The van der Waals surface area contributed by atoms with Crippen LogP contribution in [0.15, 0.2) is 34.9 Å². The van der Waals surface area contributed by atoms with Crippen LogP contribution in [0.4, 0.5) is 0 Å². The minimum atomic E-state index is -0.429. The molecule has 0 amide bonds. The molecule has 2 rings (SSSR count). The molecule has 4 nitrogen and oxygen atoms in total. The number of benzene rings is 1. The Bertz CT molecular complexity index is 487. The number of aromatic nitrogens is 2. The highest BCUT2D eigenvalue weighted by Gasteiger charge is 2.20. The summed E-state index contributed by atoms with van der Waals surface area (Å²) in [5.41, 5.74) is 0.929. The number of ether oxygens (including phenoxy) is 1. The Labute approximate surface area is 111 Å². The van der Waals surface area contributed by atoms with Gasteiger partial charge < -0.3 is 9.26 Å². The molecule has 0 saturated carbocycles. The third-order valence-corrected chi connectivity index (χ3v) is 2.99. The van der Waals surface area contributed by atoms with E-state index in [1.165, 1.54) is 0 Å². The van der Waals surface area contributed by atoms with Crippen LogP contribution in [-0.4, -0.2) is 16.7 Å². The first-order valence-electron chi connectivity index (χ1n) is 5.86. The fourth-order valence-electron chi connectivity index (χ4n) is 1.60. The van der Waals surface area contributed by atoms with Crippen LogP contribution < -0.4 is 0 Å². The molecule has 0 aliphatic heterocycles. The van der Waals surface area contributed by atoms with Gasteiger partial charge in [0.1, 0.15) is 11.5 Å². The summed E-state index contributed by atoms with van der Waals surface area (Å²) in [6, 6.07) is 9.63. The third-order valence-electron chi connectivity index (χ3n) is 2.55. The molecule has 0 aliphatic carbocycles. The Morgan fingerprint density at radius 3 is 2.72 bits per heavy atom. The number of hydrogen-bond acceptors (Lipinski definition) is 4. The SMILES string of the molecule is CCOC(C)c1noc(C(Cl)c2ccccc2)n1. The van der Waals surface area contributed by atoms with Crippen LogP contribution >= 0.6 is 11.6 Å². The number of rotatable bonds is 5. The van der Waals surface area contributed by atoms with Gasteiger partial charge in [-0.15, -0.1) is 11.6 Å². The lowest BCUT2D eigenvalue weighted by Crippen LogP contribution is -2.02. The van der Waals surface area contributed by atoms with Crippen molar-refractivity contribution in [3.05, 3.63) is 47.6 Å². The molecule has 2 unspecified atom stereocenters. The molecule has 1 aromatic heterocycles. The van der Waals surface area contributed by atoms with Crippen molar-refractivity contribution in [1.29, 1.82) is 0 Å². The van der Waals surface area contributed by atoms with E-state index < -0.39 is 5.38 Å². The molecular weight excluding hydrogens is 252 g/mol. The maximum Gasteiger partial charge on any atom is 0.249 e. The van der Waals surface area contributed by atoms with Crippen molar-refractivity contribution in [3.8, 4) is 0 Å². The third kappa shape index (κ3) is 2.89. The van der Waals surface area contributed by atoms with Gasteiger partial charge in [-0.2, -0.15) is 4.98 Å². The molecule has 2 aromatic rings. The molecule has 0 fully saturated rings. The lowest BCUT2D eigenvalue weighted by atomic mass is 10.1. The number of hydrogen-bond donors (Lipinski definition) is 0. The van der Waals surface area contributed by atoms with Gasteiger partial charge in [-0.3, -0.25) is 0 Å². The van der Waals surface area contributed by atoms with E-state index in [-0.39, 0.29) is 6.10 Å². The summed E-state index contributed by atoms with van der Waals surface area (Å²) < 4.78 is 10.6. The van der Waals surface area contributed by atoms with Crippen LogP contribution in [0.1, 0.15) is 42.6 Å². The van der Waals surface area contributed by atoms with Crippen LogP contribution in [0, 0.1) is 0 Å². The molecule has 0 bridgehead atoms. The van der Waals surface area contributed by atoms with Crippen molar-refractivity contribution in [3.63, 3.8) is 0 Å². The smallest absolute Gasteiger partial charge is 0.249 e. The summed E-state index contributed by atoms with van der Waals surface area (Å²) in [4.78, 5) is 4.27. The Balaban J connectivity index is 2.15. The molecule has 2 atom stereocenters. The van der Waals surface area contributed by atoms with Gasteiger partial charge in [-0.1, -0.05) is 35.5 Å². The second-order valence-electron chi connectivity index (χ2n) is 3.86. The summed E-state index contributed by atoms with van der Waals surface area (Å²) in [5, 5.41) is 3.46. The van der Waals surface area contributed by atoms with Crippen LogP contribution in [0.3, 0.4) is 0 Å². The standard InChI is InChI=1S/C13H15ClN2O2/c1-3-17-9(2)12-15-13(18-16-12)11(14)10-7-5-4-6-8-10/h4-9,11H,3H2,1-2H3. The molecule has 1 aromatic carbocycles. The van der Waals surface area contributed by atoms with Gasteiger partial charge >= 0.3 is 0 Å². The van der Waals surface area contributed by atoms with E-state index >= 15 is 0 Å². The first-order valence-corrected chi connectivity index (χ1v) is 6.30. The monoisotopic (exact) mass is 266 g/mol. The summed E-state index contributed by atoms with van der Waals surface area (Å²) >= 11 is 6.29. The van der Waals surface area contributed by atoms with E-state index in [1.807, 2.05) is 44.2 Å². The first-order chi connectivity index (χ1) is 8.72. The molecule has 0 aliphatic rings. The molecule has 18 heavy (non-hydrogen) atoms. The Hall–Kier alpha value is -1.39. The molecule has 96 valence electrons. The van der Waals surface area contributed by atoms with Crippen LogP contribution in [0.25, 0.3) is 0 Å². The van der Waals surface area contributed by atoms with Gasteiger partial charge in [0.15, 0.2) is 5.82 Å². The normalized spacial score (nSPS) is 14.4. The largest absolute Gasteiger partial charge is 0.371 e. The van der Waals surface area contributed by atoms with E-state index in [1.54, 1.807) is 0 Å². The van der Waals surface area contributed by atoms with E-state index in [9.17, 15) is 0 Å². The van der Waals surface area contributed by atoms with E-state index in [2.05, 4.69) is 10.1 Å². The quantitative estimate of drug-likeness (QED) is 0.777. The van der Waals surface area contributed by atoms with Gasteiger partial charge in [0, 0.05) is 6.61 Å². The Morgan fingerprint density at radius 2 is 2.06 bits per heavy atom. The van der Waals surface area contributed by atoms with Crippen molar-refractivity contribution in [1.82, 2.24) is 10.1 Å². The predicted molar refractivity (Wildman–Crippen MR) is 68.5 cm³/mol. The van der Waals surface area contributed by atoms with Gasteiger partial charge in [0.25, 0.3) is 0 Å². The zero-order valence-electron chi connectivity index (χ0n) is 10.3. The molecule has 1 heterocycles. The van der Waals surface area contributed by atoms with Crippen molar-refractivity contribution >= 4 is 11.6 Å².